The fourth-order valence-electron chi connectivity index (χ4n) is 3.84. The Kier molecular flexibility index (Phi) is 7.47. The van der Waals surface area contributed by atoms with Crippen LogP contribution in [0.5, 0.6) is 0 Å². The predicted molar refractivity (Wildman–Crippen MR) is 130 cm³/mol. The van der Waals surface area contributed by atoms with Gasteiger partial charge in [0.2, 0.25) is 11.8 Å². The number of anilines is 1. The zero-order valence-corrected chi connectivity index (χ0v) is 19.5. The molecule has 0 fully saturated rings. The van der Waals surface area contributed by atoms with E-state index in [1.165, 1.54) is 34.9 Å². The Labute approximate surface area is 202 Å². The molecule has 3 aromatic carbocycles. The van der Waals surface area contributed by atoms with Gasteiger partial charge in [0, 0.05) is 19.3 Å². The first-order valence-corrected chi connectivity index (χ1v) is 11.2. The first-order valence-electron chi connectivity index (χ1n) is 11.2. The standard InChI is InChI=1S/C26H26FN5O3/c1-18-10-12-19(13-11-18)25(26(34)28-14-15-35-2)32(21-7-5-6-20(27)16-21)24(33)17-31-23-9-4-3-8-22(23)29-30-31/h3-13,16,25H,14-15,17H2,1-2H3,(H,28,34)/t25-/m0/s1. The first kappa shape index (κ1) is 24.0. The summed E-state index contributed by atoms with van der Waals surface area (Å²) in [5.41, 5.74) is 3.17. The third-order valence-corrected chi connectivity index (χ3v) is 5.57. The minimum absolute atomic E-state index is 0.190. The number of carbonyl (C=O) groups is 2. The number of rotatable bonds is 9. The summed E-state index contributed by atoms with van der Waals surface area (Å²) in [7, 11) is 1.54. The van der Waals surface area contributed by atoms with Crippen LogP contribution in [0.3, 0.4) is 0 Å². The lowest BCUT2D eigenvalue weighted by Gasteiger charge is -2.31. The molecule has 8 nitrogen and oxygen atoms in total. The molecule has 1 N–H and O–H groups in total. The first-order chi connectivity index (χ1) is 17.0. The fraction of sp³-hybridized carbons (Fsp3) is 0.231. The van der Waals surface area contributed by atoms with E-state index in [4.69, 9.17) is 4.74 Å². The number of nitrogens with zero attached hydrogens (tertiary/aromatic N) is 4. The van der Waals surface area contributed by atoms with Gasteiger partial charge in [-0.1, -0.05) is 53.2 Å². The molecule has 4 rings (SSSR count). The molecule has 0 aliphatic carbocycles. The Bertz CT molecular complexity index is 1320. The lowest BCUT2D eigenvalue weighted by Crippen LogP contribution is -2.46. The molecule has 1 heterocycles. The number of methoxy groups -OCH3 is 1. The van der Waals surface area contributed by atoms with Crippen molar-refractivity contribution in [2.24, 2.45) is 0 Å². The van der Waals surface area contributed by atoms with Gasteiger partial charge in [-0.3, -0.25) is 14.5 Å². The van der Waals surface area contributed by atoms with Gasteiger partial charge in [0.1, 0.15) is 23.9 Å². The van der Waals surface area contributed by atoms with Crippen LogP contribution in [0.25, 0.3) is 11.0 Å². The Hall–Kier alpha value is -4.11. The van der Waals surface area contributed by atoms with Gasteiger partial charge in [-0.05, 0) is 42.8 Å². The van der Waals surface area contributed by atoms with E-state index >= 15 is 0 Å². The van der Waals surface area contributed by atoms with Gasteiger partial charge in [-0.25, -0.2) is 9.07 Å². The molecule has 0 saturated heterocycles. The molecule has 1 atom stereocenters. The smallest absolute Gasteiger partial charge is 0.249 e. The van der Waals surface area contributed by atoms with Gasteiger partial charge < -0.3 is 10.1 Å². The summed E-state index contributed by atoms with van der Waals surface area (Å²) < 4.78 is 20.8. The van der Waals surface area contributed by atoms with Crippen LogP contribution in [0.1, 0.15) is 17.2 Å². The van der Waals surface area contributed by atoms with Crippen LogP contribution in [0.15, 0.2) is 72.8 Å². The van der Waals surface area contributed by atoms with E-state index in [9.17, 15) is 14.0 Å². The van der Waals surface area contributed by atoms with Crippen molar-refractivity contribution in [3.05, 3.63) is 89.7 Å². The van der Waals surface area contributed by atoms with Crippen LogP contribution in [-0.4, -0.2) is 47.1 Å². The van der Waals surface area contributed by atoms with Gasteiger partial charge in [0.05, 0.1) is 12.1 Å². The van der Waals surface area contributed by atoms with Crippen LogP contribution < -0.4 is 10.2 Å². The van der Waals surface area contributed by atoms with E-state index in [0.29, 0.717) is 23.2 Å². The van der Waals surface area contributed by atoms with E-state index in [1.807, 2.05) is 37.3 Å². The van der Waals surface area contributed by atoms with Crippen molar-refractivity contribution in [2.75, 3.05) is 25.2 Å². The average Bonchev–Trinajstić information content (AvgIpc) is 3.26. The second kappa shape index (κ2) is 10.9. The monoisotopic (exact) mass is 475 g/mol. The lowest BCUT2D eigenvalue weighted by atomic mass is 10.0. The molecular formula is C26H26FN5O3. The molecule has 35 heavy (non-hydrogen) atoms. The zero-order valence-electron chi connectivity index (χ0n) is 19.5. The highest BCUT2D eigenvalue weighted by atomic mass is 19.1. The normalized spacial score (nSPS) is 11.9. The zero-order chi connectivity index (χ0) is 24.8. The van der Waals surface area contributed by atoms with Crippen LogP contribution >= 0.6 is 0 Å². The number of para-hydroxylation sites is 1. The quantitative estimate of drug-likeness (QED) is 0.375. The van der Waals surface area contributed by atoms with Crippen molar-refractivity contribution in [3.63, 3.8) is 0 Å². The number of halogens is 1. The predicted octanol–water partition coefficient (Wildman–Crippen LogP) is 3.42. The average molecular weight is 476 g/mol. The number of aryl methyl sites for hydroxylation is 1. The highest BCUT2D eigenvalue weighted by Crippen LogP contribution is 2.29. The number of hydrogen-bond donors (Lipinski definition) is 1. The summed E-state index contributed by atoms with van der Waals surface area (Å²) in [5, 5.41) is 11.0. The van der Waals surface area contributed by atoms with Gasteiger partial charge in [0.15, 0.2) is 0 Å². The number of hydrogen-bond acceptors (Lipinski definition) is 5. The number of carbonyl (C=O) groups excluding carboxylic acids is 2. The summed E-state index contributed by atoms with van der Waals surface area (Å²) in [6.45, 7) is 2.31. The second-order valence-electron chi connectivity index (χ2n) is 8.08. The number of fused-ring (bicyclic) bond motifs is 1. The lowest BCUT2D eigenvalue weighted by molar-refractivity contribution is -0.127. The third-order valence-electron chi connectivity index (χ3n) is 5.57. The summed E-state index contributed by atoms with van der Waals surface area (Å²) in [6.07, 6.45) is 0. The number of ether oxygens (including phenoxy) is 1. The third kappa shape index (κ3) is 5.52. The molecule has 0 bridgehead atoms. The van der Waals surface area contributed by atoms with E-state index in [0.717, 1.165) is 5.56 Å². The molecule has 0 saturated carbocycles. The maximum atomic E-state index is 14.3. The van der Waals surface area contributed by atoms with Crippen molar-refractivity contribution >= 4 is 28.5 Å². The van der Waals surface area contributed by atoms with Crippen LogP contribution in [0, 0.1) is 12.7 Å². The van der Waals surface area contributed by atoms with Crippen molar-refractivity contribution in [1.29, 1.82) is 0 Å². The summed E-state index contributed by atoms with van der Waals surface area (Å²) in [5.74, 6) is -1.38. The fourth-order valence-corrected chi connectivity index (χ4v) is 3.84. The molecule has 1 aromatic heterocycles. The van der Waals surface area contributed by atoms with Crippen molar-refractivity contribution < 1.29 is 18.7 Å². The van der Waals surface area contributed by atoms with Gasteiger partial charge in [-0.2, -0.15) is 0 Å². The summed E-state index contributed by atoms with van der Waals surface area (Å²) in [4.78, 5) is 28.5. The van der Waals surface area contributed by atoms with Crippen molar-refractivity contribution in [2.45, 2.75) is 19.5 Å². The molecule has 9 heteroatoms. The van der Waals surface area contributed by atoms with E-state index < -0.39 is 23.7 Å². The SMILES string of the molecule is COCCNC(=O)[C@H](c1ccc(C)cc1)N(C(=O)Cn1nnc2ccccc21)c1cccc(F)c1. The van der Waals surface area contributed by atoms with E-state index in [1.54, 1.807) is 24.3 Å². The Morgan fingerprint density at radius 2 is 1.86 bits per heavy atom. The highest BCUT2D eigenvalue weighted by molar-refractivity contribution is 6.01. The van der Waals surface area contributed by atoms with Gasteiger partial charge >= 0.3 is 0 Å². The largest absolute Gasteiger partial charge is 0.383 e. The Balaban J connectivity index is 1.77. The summed E-state index contributed by atoms with van der Waals surface area (Å²) in [6, 6.07) is 19.2. The molecule has 0 unspecified atom stereocenters. The van der Waals surface area contributed by atoms with Gasteiger partial charge in [0.25, 0.3) is 0 Å². The molecule has 2 amide bonds. The van der Waals surface area contributed by atoms with Crippen molar-refractivity contribution in [1.82, 2.24) is 20.3 Å². The number of nitrogens with one attached hydrogen (secondary N) is 1. The molecule has 0 aliphatic heterocycles. The molecule has 0 radical (unpaired) electrons. The highest BCUT2D eigenvalue weighted by Gasteiger charge is 2.33. The minimum Gasteiger partial charge on any atom is -0.383 e. The minimum atomic E-state index is -1.04. The Morgan fingerprint density at radius 3 is 2.60 bits per heavy atom. The van der Waals surface area contributed by atoms with Gasteiger partial charge in [-0.15, -0.1) is 5.10 Å². The summed E-state index contributed by atoms with van der Waals surface area (Å²) >= 11 is 0. The van der Waals surface area contributed by atoms with E-state index in [-0.39, 0.29) is 18.8 Å². The molecule has 4 aromatic rings. The Morgan fingerprint density at radius 1 is 1.09 bits per heavy atom. The van der Waals surface area contributed by atoms with Crippen molar-refractivity contribution in [3.8, 4) is 0 Å². The van der Waals surface area contributed by atoms with Crippen LogP contribution in [-0.2, 0) is 20.9 Å². The van der Waals surface area contributed by atoms with E-state index in [2.05, 4.69) is 15.6 Å². The number of benzene rings is 3. The maximum Gasteiger partial charge on any atom is 0.249 e. The molecule has 180 valence electrons. The number of amides is 2. The molecule has 0 spiro atoms. The second-order valence-corrected chi connectivity index (χ2v) is 8.08. The topological polar surface area (TPSA) is 89.4 Å². The maximum absolute atomic E-state index is 14.3. The molecule has 0 aliphatic rings. The molecular weight excluding hydrogens is 449 g/mol. The van der Waals surface area contributed by atoms with Crippen LogP contribution in [0.4, 0.5) is 10.1 Å². The number of aromatic nitrogens is 3. The van der Waals surface area contributed by atoms with Crippen LogP contribution in [0.2, 0.25) is 0 Å².